The van der Waals surface area contributed by atoms with Crippen LogP contribution in [0.3, 0.4) is 0 Å². The van der Waals surface area contributed by atoms with Crippen LogP contribution in [0, 0.1) is 0 Å². The highest BCUT2D eigenvalue weighted by molar-refractivity contribution is 5.67. The third-order valence-electron chi connectivity index (χ3n) is 2.27. The number of nitrogens with zero attached hydrogens (tertiary/aromatic N) is 4. The number of carboxylic acids is 1. The zero-order chi connectivity index (χ0) is 12.7. The number of hydrogen-bond donors (Lipinski definition) is 1. The average molecular weight is 242 g/mol. The van der Waals surface area contributed by atoms with E-state index in [0.717, 1.165) is 6.42 Å². The Morgan fingerprint density at radius 3 is 2.94 bits per heavy atom. The topological polar surface area (TPSA) is 90.1 Å². The number of tetrazole rings is 1. The summed E-state index contributed by atoms with van der Waals surface area (Å²) in [6.07, 6.45) is 1.57. The monoisotopic (exact) mass is 242 g/mol. The third kappa shape index (κ3) is 4.48. The van der Waals surface area contributed by atoms with E-state index in [4.69, 9.17) is 9.84 Å². The van der Waals surface area contributed by atoms with Crippen LogP contribution in [-0.4, -0.2) is 44.5 Å². The number of hydrogen-bond acceptors (Lipinski definition) is 5. The van der Waals surface area contributed by atoms with Crippen LogP contribution in [0.2, 0.25) is 0 Å². The summed E-state index contributed by atoms with van der Waals surface area (Å²) in [5.74, 6) is -0.198. The number of aromatic nitrogens is 4. The molecular formula is C10H18N4O3. The van der Waals surface area contributed by atoms with Crippen LogP contribution in [0.1, 0.15) is 38.6 Å². The number of carboxylic acid groups (broad SMARTS) is 1. The highest BCUT2D eigenvalue weighted by atomic mass is 16.5. The molecule has 0 bridgehead atoms. The molecule has 0 fully saturated rings. The normalized spacial score (nSPS) is 12.6. The smallest absolute Gasteiger partial charge is 0.305 e. The summed E-state index contributed by atoms with van der Waals surface area (Å²) in [6, 6.07) is -0.247. The van der Waals surface area contributed by atoms with Crippen molar-refractivity contribution >= 4 is 5.97 Å². The predicted molar refractivity (Wildman–Crippen MR) is 59.6 cm³/mol. The lowest BCUT2D eigenvalue weighted by Gasteiger charge is -2.10. The molecule has 7 nitrogen and oxygen atoms in total. The zero-order valence-corrected chi connectivity index (χ0v) is 10.2. The van der Waals surface area contributed by atoms with E-state index in [9.17, 15) is 4.79 Å². The van der Waals surface area contributed by atoms with Gasteiger partial charge in [0.25, 0.3) is 0 Å². The van der Waals surface area contributed by atoms with Gasteiger partial charge in [-0.15, -0.1) is 5.10 Å². The molecule has 0 amide bonds. The fourth-order valence-corrected chi connectivity index (χ4v) is 1.47. The maximum atomic E-state index is 10.6. The van der Waals surface area contributed by atoms with E-state index < -0.39 is 5.97 Å². The van der Waals surface area contributed by atoms with Crippen molar-refractivity contribution in [3.05, 3.63) is 5.82 Å². The van der Waals surface area contributed by atoms with Crippen molar-refractivity contribution < 1.29 is 14.6 Å². The van der Waals surface area contributed by atoms with E-state index in [2.05, 4.69) is 15.5 Å². The number of rotatable bonds is 8. The van der Waals surface area contributed by atoms with Crippen molar-refractivity contribution in [2.75, 3.05) is 13.2 Å². The first kappa shape index (κ1) is 13.6. The first-order valence-electron chi connectivity index (χ1n) is 5.71. The minimum atomic E-state index is -0.860. The summed E-state index contributed by atoms with van der Waals surface area (Å²) < 4.78 is 6.89. The molecule has 1 rings (SSSR count). The van der Waals surface area contributed by atoms with Gasteiger partial charge < -0.3 is 9.84 Å². The number of carbonyl (C=O) groups is 1. The van der Waals surface area contributed by atoms with Gasteiger partial charge in [-0.25, -0.2) is 4.68 Å². The van der Waals surface area contributed by atoms with Gasteiger partial charge >= 0.3 is 5.97 Å². The Bertz CT molecular complexity index is 353. The Labute approximate surface area is 99.8 Å². The Hall–Kier alpha value is -1.50. The standard InChI is InChI=1S/C10H18N4O3/c1-3-5-17-6-4-9-11-12-13-14(9)8(2)7-10(15)16/h8H,3-7H2,1-2H3,(H,15,16). The van der Waals surface area contributed by atoms with Crippen LogP contribution in [0.25, 0.3) is 0 Å². The molecular weight excluding hydrogens is 224 g/mol. The Morgan fingerprint density at radius 1 is 1.53 bits per heavy atom. The van der Waals surface area contributed by atoms with E-state index in [1.165, 1.54) is 0 Å². The second-order valence-corrected chi connectivity index (χ2v) is 3.85. The Balaban J connectivity index is 2.50. The van der Waals surface area contributed by atoms with E-state index in [1.54, 1.807) is 11.6 Å². The average Bonchev–Trinajstić information content (AvgIpc) is 2.71. The second-order valence-electron chi connectivity index (χ2n) is 3.85. The van der Waals surface area contributed by atoms with Crippen molar-refractivity contribution in [3.63, 3.8) is 0 Å². The molecule has 0 aliphatic carbocycles. The lowest BCUT2D eigenvalue weighted by Crippen LogP contribution is -2.16. The molecule has 7 heteroatoms. The molecule has 1 heterocycles. The molecule has 0 aliphatic heterocycles. The number of ether oxygens (including phenoxy) is 1. The quantitative estimate of drug-likeness (QED) is 0.674. The molecule has 0 radical (unpaired) electrons. The molecule has 1 atom stereocenters. The van der Waals surface area contributed by atoms with E-state index in [-0.39, 0.29) is 12.5 Å². The van der Waals surface area contributed by atoms with Crippen molar-refractivity contribution in [3.8, 4) is 0 Å². The van der Waals surface area contributed by atoms with E-state index >= 15 is 0 Å². The first-order valence-corrected chi connectivity index (χ1v) is 5.71. The maximum Gasteiger partial charge on any atom is 0.305 e. The molecule has 96 valence electrons. The molecule has 0 aliphatic rings. The largest absolute Gasteiger partial charge is 0.481 e. The van der Waals surface area contributed by atoms with Gasteiger partial charge in [0, 0.05) is 13.0 Å². The van der Waals surface area contributed by atoms with Gasteiger partial charge in [0.05, 0.1) is 19.1 Å². The molecule has 0 saturated heterocycles. The Kier molecular flexibility index (Phi) is 5.55. The fraction of sp³-hybridized carbons (Fsp3) is 0.800. The molecule has 1 aromatic heterocycles. The zero-order valence-electron chi connectivity index (χ0n) is 10.2. The molecule has 1 aromatic rings. The summed E-state index contributed by atoms with van der Waals surface area (Å²) in [5.41, 5.74) is 0. The van der Waals surface area contributed by atoms with Gasteiger partial charge in [-0.1, -0.05) is 6.92 Å². The maximum absolute atomic E-state index is 10.6. The first-order chi connectivity index (χ1) is 8.15. The van der Waals surface area contributed by atoms with Gasteiger partial charge in [0.1, 0.15) is 0 Å². The van der Waals surface area contributed by atoms with Gasteiger partial charge in [-0.3, -0.25) is 4.79 Å². The summed E-state index contributed by atoms with van der Waals surface area (Å²) in [5, 5.41) is 20.0. The van der Waals surface area contributed by atoms with Crippen LogP contribution in [0.5, 0.6) is 0 Å². The van der Waals surface area contributed by atoms with Crippen LogP contribution in [-0.2, 0) is 16.0 Å². The fourth-order valence-electron chi connectivity index (χ4n) is 1.47. The summed E-state index contributed by atoms with van der Waals surface area (Å²) in [7, 11) is 0. The highest BCUT2D eigenvalue weighted by Crippen LogP contribution is 2.10. The van der Waals surface area contributed by atoms with Crippen molar-refractivity contribution in [1.29, 1.82) is 0 Å². The lowest BCUT2D eigenvalue weighted by atomic mass is 10.2. The van der Waals surface area contributed by atoms with Crippen LogP contribution >= 0.6 is 0 Å². The van der Waals surface area contributed by atoms with Crippen LogP contribution < -0.4 is 0 Å². The van der Waals surface area contributed by atoms with Crippen molar-refractivity contribution in [2.45, 2.75) is 39.2 Å². The number of aliphatic carboxylic acids is 1. The van der Waals surface area contributed by atoms with E-state index in [1.807, 2.05) is 6.92 Å². The molecule has 17 heavy (non-hydrogen) atoms. The predicted octanol–water partition coefficient (Wildman–Crippen LogP) is 0.678. The highest BCUT2D eigenvalue weighted by Gasteiger charge is 2.15. The Morgan fingerprint density at radius 2 is 2.29 bits per heavy atom. The van der Waals surface area contributed by atoms with Gasteiger partial charge in [-0.2, -0.15) is 0 Å². The molecule has 1 N–H and O–H groups in total. The summed E-state index contributed by atoms with van der Waals surface area (Å²) in [6.45, 7) is 5.08. The lowest BCUT2D eigenvalue weighted by molar-refractivity contribution is -0.137. The van der Waals surface area contributed by atoms with Gasteiger partial charge in [0.15, 0.2) is 5.82 Å². The molecule has 0 aromatic carbocycles. The van der Waals surface area contributed by atoms with Crippen LogP contribution in [0.15, 0.2) is 0 Å². The van der Waals surface area contributed by atoms with Crippen molar-refractivity contribution in [1.82, 2.24) is 20.2 Å². The molecule has 0 saturated carbocycles. The van der Waals surface area contributed by atoms with Crippen LogP contribution in [0.4, 0.5) is 0 Å². The summed E-state index contributed by atoms with van der Waals surface area (Å²) in [4.78, 5) is 10.6. The summed E-state index contributed by atoms with van der Waals surface area (Å²) >= 11 is 0. The van der Waals surface area contributed by atoms with Gasteiger partial charge in [-0.05, 0) is 23.8 Å². The van der Waals surface area contributed by atoms with Crippen molar-refractivity contribution in [2.24, 2.45) is 0 Å². The minimum Gasteiger partial charge on any atom is -0.481 e. The second kappa shape index (κ2) is 6.95. The van der Waals surface area contributed by atoms with E-state index in [0.29, 0.717) is 25.5 Å². The third-order valence-corrected chi connectivity index (χ3v) is 2.27. The minimum absolute atomic E-state index is 0.00779. The molecule has 1 unspecified atom stereocenters. The molecule has 0 spiro atoms. The van der Waals surface area contributed by atoms with Gasteiger partial charge in [0.2, 0.25) is 0 Å². The SMILES string of the molecule is CCCOCCc1nnnn1C(C)CC(=O)O.